The number of nitrogens with one attached hydrogen (secondary N) is 2. The number of amides is 1. The van der Waals surface area contributed by atoms with Crippen LogP contribution in [0.1, 0.15) is 34.3 Å². The van der Waals surface area contributed by atoms with Crippen LogP contribution >= 0.6 is 0 Å². The van der Waals surface area contributed by atoms with Crippen molar-refractivity contribution in [3.05, 3.63) is 71.4 Å². The van der Waals surface area contributed by atoms with Gasteiger partial charge >= 0.3 is 0 Å². The van der Waals surface area contributed by atoms with Crippen LogP contribution in [0.5, 0.6) is 23.0 Å². The van der Waals surface area contributed by atoms with Crippen LogP contribution in [0.15, 0.2) is 54.7 Å². The summed E-state index contributed by atoms with van der Waals surface area (Å²) in [6, 6.07) is 15.1. The molecule has 1 unspecified atom stereocenters. The van der Waals surface area contributed by atoms with Gasteiger partial charge in [0.15, 0.2) is 11.5 Å². The molecule has 3 N–H and O–H groups in total. The van der Waals surface area contributed by atoms with E-state index in [4.69, 9.17) is 18.9 Å². The summed E-state index contributed by atoms with van der Waals surface area (Å²) in [5.74, 6) is 1.10. The summed E-state index contributed by atoms with van der Waals surface area (Å²) >= 11 is 0. The standard InChI is InChI=1S/C29H32N2O6/c1-16-11-18(19-13-24(34-3)27(37-6)25(14-19)35-4)12-21(26(16)36-5)29(33)31-28(32)17(2)22-15-30-23-10-8-7-9-20(22)23/h7-15,17,28,30,32H,1-6H3,(H,31,33)/t17?,28-/m1/s1. The number of para-hydroxylation sites is 1. The number of aromatic nitrogens is 1. The number of H-pyrrole nitrogens is 1. The van der Waals surface area contributed by atoms with E-state index in [1.54, 1.807) is 27.4 Å². The largest absolute Gasteiger partial charge is 0.496 e. The molecular weight excluding hydrogens is 472 g/mol. The van der Waals surface area contributed by atoms with Gasteiger partial charge < -0.3 is 34.4 Å². The zero-order chi connectivity index (χ0) is 26.7. The number of aryl methyl sites for hydroxylation is 1. The molecule has 0 aliphatic carbocycles. The Bertz CT molecular complexity index is 1400. The Morgan fingerprint density at radius 3 is 2.14 bits per heavy atom. The number of hydrogen-bond donors (Lipinski definition) is 3. The summed E-state index contributed by atoms with van der Waals surface area (Å²) < 4.78 is 22.0. The highest BCUT2D eigenvalue weighted by Crippen LogP contribution is 2.42. The molecule has 8 heteroatoms. The van der Waals surface area contributed by atoms with Crippen LogP contribution in [-0.4, -0.2) is 50.7 Å². The second-order valence-electron chi connectivity index (χ2n) is 8.78. The van der Waals surface area contributed by atoms with Crippen molar-refractivity contribution in [1.29, 1.82) is 0 Å². The summed E-state index contributed by atoms with van der Waals surface area (Å²) in [6.45, 7) is 3.73. The smallest absolute Gasteiger partial charge is 0.257 e. The third-order valence-corrected chi connectivity index (χ3v) is 6.59. The average Bonchev–Trinajstić information content (AvgIpc) is 3.35. The van der Waals surface area contributed by atoms with E-state index in [0.717, 1.165) is 33.2 Å². The predicted octanol–water partition coefficient (Wildman–Crippen LogP) is 5.03. The van der Waals surface area contributed by atoms with Crippen LogP contribution in [-0.2, 0) is 0 Å². The number of aliphatic hydroxyl groups excluding tert-OH is 1. The van der Waals surface area contributed by atoms with Crippen LogP contribution < -0.4 is 24.3 Å². The first-order chi connectivity index (χ1) is 17.8. The first kappa shape index (κ1) is 25.9. The number of hydrogen-bond acceptors (Lipinski definition) is 6. The van der Waals surface area contributed by atoms with Crippen LogP contribution in [0.4, 0.5) is 0 Å². The van der Waals surface area contributed by atoms with Gasteiger partial charge in [-0.25, -0.2) is 0 Å². The SMILES string of the molecule is COc1cc(-c2cc(C)c(OC)c(C(=O)N[C@H](O)C(C)c3c[nH]c4ccccc34)c2)cc(OC)c1OC. The van der Waals surface area contributed by atoms with E-state index in [1.165, 1.54) is 7.11 Å². The lowest BCUT2D eigenvalue weighted by atomic mass is 9.96. The quantitative estimate of drug-likeness (QED) is 0.276. The zero-order valence-electron chi connectivity index (χ0n) is 21.8. The van der Waals surface area contributed by atoms with Crippen LogP contribution in [0, 0.1) is 6.92 Å². The number of carbonyl (C=O) groups is 1. The molecule has 8 nitrogen and oxygen atoms in total. The van der Waals surface area contributed by atoms with Gasteiger partial charge in [-0.1, -0.05) is 25.1 Å². The fourth-order valence-corrected chi connectivity index (χ4v) is 4.61. The second kappa shape index (κ2) is 10.8. The molecule has 0 radical (unpaired) electrons. The van der Waals surface area contributed by atoms with Crippen molar-refractivity contribution < 1.29 is 28.8 Å². The normalized spacial score (nSPS) is 12.6. The molecular formula is C29H32N2O6. The van der Waals surface area contributed by atoms with E-state index in [0.29, 0.717) is 28.6 Å². The first-order valence-electron chi connectivity index (χ1n) is 11.9. The summed E-state index contributed by atoms with van der Waals surface area (Å²) in [5.41, 5.74) is 4.47. The van der Waals surface area contributed by atoms with Crippen molar-refractivity contribution in [2.24, 2.45) is 0 Å². The third kappa shape index (κ3) is 4.93. The van der Waals surface area contributed by atoms with Crippen molar-refractivity contribution in [2.45, 2.75) is 26.0 Å². The molecule has 0 spiro atoms. The third-order valence-electron chi connectivity index (χ3n) is 6.59. The minimum atomic E-state index is -1.12. The molecule has 0 aliphatic heterocycles. The van der Waals surface area contributed by atoms with Crippen LogP contribution in [0.2, 0.25) is 0 Å². The predicted molar refractivity (Wildman–Crippen MR) is 143 cm³/mol. The second-order valence-corrected chi connectivity index (χ2v) is 8.78. The number of carbonyl (C=O) groups excluding carboxylic acids is 1. The maximum absolute atomic E-state index is 13.4. The molecule has 1 amide bonds. The maximum Gasteiger partial charge on any atom is 0.257 e. The van der Waals surface area contributed by atoms with E-state index in [1.807, 2.05) is 62.5 Å². The molecule has 37 heavy (non-hydrogen) atoms. The monoisotopic (exact) mass is 504 g/mol. The van der Waals surface area contributed by atoms with Gasteiger partial charge in [-0.2, -0.15) is 0 Å². The molecule has 4 rings (SSSR count). The minimum Gasteiger partial charge on any atom is -0.496 e. The van der Waals surface area contributed by atoms with Gasteiger partial charge in [0.05, 0.1) is 34.0 Å². The summed E-state index contributed by atoms with van der Waals surface area (Å²) in [4.78, 5) is 16.6. The summed E-state index contributed by atoms with van der Waals surface area (Å²) in [6.07, 6.45) is 0.738. The highest BCUT2D eigenvalue weighted by Gasteiger charge is 2.25. The van der Waals surface area contributed by atoms with Gasteiger partial charge in [0.2, 0.25) is 5.75 Å². The summed E-state index contributed by atoms with van der Waals surface area (Å²) in [7, 11) is 6.16. The van der Waals surface area contributed by atoms with Crippen molar-refractivity contribution >= 4 is 16.8 Å². The van der Waals surface area contributed by atoms with E-state index in [9.17, 15) is 9.90 Å². The molecule has 4 aromatic rings. The Morgan fingerprint density at radius 2 is 1.51 bits per heavy atom. The van der Waals surface area contributed by atoms with E-state index in [-0.39, 0.29) is 5.92 Å². The number of benzene rings is 3. The van der Waals surface area contributed by atoms with Gasteiger partial charge in [0.25, 0.3) is 5.91 Å². The number of fused-ring (bicyclic) bond motifs is 1. The van der Waals surface area contributed by atoms with E-state index in [2.05, 4.69) is 10.3 Å². The van der Waals surface area contributed by atoms with Crippen molar-refractivity contribution in [2.75, 3.05) is 28.4 Å². The average molecular weight is 505 g/mol. The maximum atomic E-state index is 13.4. The first-order valence-corrected chi connectivity index (χ1v) is 11.9. The number of aromatic amines is 1. The fourth-order valence-electron chi connectivity index (χ4n) is 4.61. The minimum absolute atomic E-state index is 0.302. The molecule has 0 saturated carbocycles. The molecule has 2 atom stereocenters. The van der Waals surface area contributed by atoms with Gasteiger partial charge in [0, 0.05) is 23.0 Å². The molecule has 3 aromatic carbocycles. The summed E-state index contributed by atoms with van der Waals surface area (Å²) in [5, 5.41) is 14.7. The Kier molecular flexibility index (Phi) is 7.59. The Labute approximate surface area is 216 Å². The Hall–Kier alpha value is -4.17. The number of rotatable bonds is 9. The molecule has 0 fully saturated rings. The molecule has 0 saturated heterocycles. The highest BCUT2D eigenvalue weighted by molar-refractivity contribution is 5.99. The topological polar surface area (TPSA) is 102 Å². The van der Waals surface area contributed by atoms with Gasteiger partial charge in [-0.3, -0.25) is 4.79 Å². The lowest BCUT2D eigenvalue weighted by molar-refractivity contribution is 0.0725. The number of aliphatic hydroxyl groups is 1. The number of ether oxygens (including phenoxy) is 4. The Morgan fingerprint density at radius 1 is 0.892 bits per heavy atom. The molecule has 0 aliphatic rings. The highest BCUT2D eigenvalue weighted by atomic mass is 16.5. The van der Waals surface area contributed by atoms with E-state index < -0.39 is 12.1 Å². The van der Waals surface area contributed by atoms with E-state index >= 15 is 0 Å². The zero-order valence-corrected chi connectivity index (χ0v) is 21.8. The van der Waals surface area contributed by atoms with Gasteiger partial charge in [-0.15, -0.1) is 0 Å². The molecule has 1 heterocycles. The van der Waals surface area contributed by atoms with Crippen molar-refractivity contribution in [3.63, 3.8) is 0 Å². The number of methoxy groups -OCH3 is 4. The fraction of sp³-hybridized carbons (Fsp3) is 0.276. The van der Waals surface area contributed by atoms with Crippen LogP contribution in [0.3, 0.4) is 0 Å². The molecule has 0 bridgehead atoms. The van der Waals surface area contributed by atoms with Gasteiger partial charge in [0.1, 0.15) is 12.0 Å². The van der Waals surface area contributed by atoms with Crippen LogP contribution in [0.25, 0.3) is 22.0 Å². The van der Waals surface area contributed by atoms with Gasteiger partial charge in [-0.05, 0) is 59.5 Å². The molecule has 194 valence electrons. The molecule has 1 aromatic heterocycles. The van der Waals surface area contributed by atoms with Crippen molar-refractivity contribution in [1.82, 2.24) is 10.3 Å². The Balaban J connectivity index is 1.68. The lowest BCUT2D eigenvalue weighted by Gasteiger charge is -2.21. The van der Waals surface area contributed by atoms with Crippen molar-refractivity contribution in [3.8, 4) is 34.1 Å². The lowest BCUT2D eigenvalue weighted by Crippen LogP contribution is -2.38.